The summed E-state index contributed by atoms with van der Waals surface area (Å²) < 4.78 is 80.6. The molecule has 0 radical (unpaired) electrons. The third kappa shape index (κ3) is 7.17. The normalized spacial score (nSPS) is 14.9. The summed E-state index contributed by atoms with van der Waals surface area (Å²) in [4.78, 5) is 8.35. The number of aromatic nitrogens is 1. The van der Waals surface area contributed by atoms with E-state index in [1.54, 1.807) is 0 Å². The second-order valence-electron chi connectivity index (χ2n) is 10.4. The molecule has 11 heteroatoms. The number of hydrogen-bond acceptors (Lipinski definition) is 3. The summed E-state index contributed by atoms with van der Waals surface area (Å²) in [5, 5.41) is 8.95. The maximum absolute atomic E-state index is 13.4. The summed E-state index contributed by atoms with van der Waals surface area (Å²) in [7, 11) is 0. The van der Waals surface area contributed by atoms with Crippen LogP contribution in [0.3, 0.4) is 0 Å². The van der Waals surface area contributed by atoms with Gasteiger partial charge in [-0.25, -0.2) is 4.98 Å². The Bertz CT molecular complexity index is 1300. The molecule has 3 N–H and O–H groups in total. The molecule has 1 aromatic heterocycles. The fourth-order valence-electron chi connectivity index (χ4n) is 5.35. The highest BCUT2D eigenvalue weighted by Gasteiger charge is 2.37. The van der Waals surface area contributed by atoms with Gasteiger partial charge in [0.25, 0.3) is 0 Å². The molecule has 0 amide bonds. The largest absolute Gasteiger partial charge is 0.416 e. The summed E-state index contributed by atoms with van der Waals surface area (Å²) >= 11 is 0. The van der Waals surface area contributed by atoms with Crippen LogP contribution in [0.4, 0.5) is 32.2 Å². The minimum Gasteiger partial charge on any atom is -0.370 e. The first-order valence-corrected chi connectivity index (χ1v) is 13.4. The molecule has 0 spiro atoms. The Morgan fingerprint density at radius 3 is 2.12 bits per heavy atom. The van der Waals surface area contributed by atoms with Gasteiger partial charge < -0.3 is 15.5 Å². The number of anilines is 1. The van der Waals surface area contributed by atoms with Gasteiger partial charge in [0.05, 0.1) is 16.6 Å². The number of halogens is 6. The zero-order chi connectivity index (χ0) is 29.1. The lowest BCUT2D eigenvalue weighted by Crippen LogP contribution is -2.37. The van der Waals surface area contributed by atoms with Crippen LogP contribution in [0.5, 0.6) is 0 Å². The van der Waals surface area contributed by atoms with Gasteiger partial charge in [-0.1, -0.05) is 37.5 Å². The van der Waals surface area contributed by atoms with Crippen molar-refractivity contribution in [3.05, 3.63) is 70.8 Å². The molecule has 0 bridgehead atoms. The lowest BCUT2D eigenvalue weighted by atomic mass is 9.89. The molecule has 3 aromatic rings. The van der Waals surface area contributed by atoms with Gasteiger partial charge >= 0.3 is 12.4 Å². The molecule has 0 aliphatic heterocycles. The number of pyridine rings is 1. The van der Waals surface area contributed by atoms with E-state index < -0.39 is 36.0 Å². The monoisotopic (exact) mass is 565 g/mol. The summed E-state index contributed by atoms with van der Waals surface area (Å²) in [5.74, 6) is 0.711. The number of rotatable bonds is 8. The molecule has 2 aromatic carbocycles. The van der Waals surface area contributed by atoms with E-state index in [1.807, 2.05) is 37.3 Å². The van der Waals surface area contributed by atoms with Gasteiger partial charge in [0.2, 0.25) is 0 Å². The van der Waals surface area contributed by atoms with Crippen molar-refractivity contribution in [2.75, 3.05) is 18.0 Å². The number of guanidine groups is 1. The van der Waals surface area contributed by atoms with Crippen LogP contribution in [0.25, 0.3) is 10.9 Å². The van der Waals surface area contributed by atoms with E-state index in [-0.39, 0.29) is 18.2 Å². The Labute approximate surface area is 229 Å². The Kier molecular flexibility index (Phi) is 8.80. The lowest BCUT2D eigenvalue weighted by Gasteiger charge is -2.32. The Morgan fingerprint density at radius 2 is 1.55 bits per heavy atom. The highest BCUT2D eigenvalue weighted by atomic mass is 19.4. The third-order valence-electron chi connectivity index (χ3n) is 7.39. The first kappa shape index (κ1) is 29.5. The molecule has 0 unspecified atom stereocenters. The molecule has 1 saturated carbocycles. The SMILES string of the molecule is CCN(CC1CCCCC1)c1nc2ccccc2cc1CN(Cc1cc(C(F)(F)F)cc(C(F)(F)F)c1)C(=N)N. The van der Waals surface area contributed by atoms with Crippen LogP contribution in [0, 0.1) is 11.3 Å². The molecule has 0 saturated heterocycles. The zero-order valence-electron chi connectivity index (χ0n) is 22.2. The van der Waals surface area contributed by atoms with Gasteiger partial charge in [-0.3, -0.25) is 5.41 Å². The quantitative estimate of drug-likeness (QED) is 0.168. The minimum absolute atomic E-state index is 0.0126. The molecule has 1 aliphatic carbocycles. The Balaban J connectivity index is 1.71. The average molecular weight is 566 g/mol. The van der Waals surface area contributed by atoms with Crippen LogP contribution in [0.2, 0.25) is 0 Å². The summed E-state index contributed by atoms with van der Waals surface area (Å²) in [6.07, 6.45) is -4.11. The van der Waals surface area contributed by atoms with E-state index in [0.29, 0.717) is 36.0 Å². The van der Waals surface area contributed by atoms with Crippen molar-refractivity contribution >= 4 is 22.7 Å². The summed E-state index contributed by atoms with van der Waals surface area (Å²) in [6.45, 7) is 3.05. The maximum atomic E-state index is 13.4. The van der Waals surface area contributed by atoms with Crippen LogP contribution in [-0.2, 0) is 25.4 Å². The fraction of sp³-hybridized carbons (Fsp3) is 0.448. The molecule has 4 rings (SSSR count). The van der Waals surface area contributed by atoms with Crippen molar-refractivity contribution in [3.8, 4) is 0 Å². The summed E-state index contributed by atoms with van der Waals surface area (Å²) in [6, 6.07) is 10.9. The molecule has 5 nitrogen and oxygen atoms in total. The van der Waals surface area contributed by atoms with Crippen molar-refractivity contribution < 1.29 is 26.3 Å². The molecule has 1 fully saturated rings. The van der Waals surface area contributed by atoms with Gasteiger partial charge in [0.1, 0.15) is 5.82 Å². The first-order valence-electron chi connectivity index (χ1n) is 13.4. The van der Waals surface area contributed by atoms with Crippen LogP contribution in [-0.4, -0.2) is 28.9 Å². The number of benzene rings is 2. The zero-order valence-corrected chi connectivity index (χ0v) is 22.2. The van der Waals surface area contributed by atoms with E-state index >= 15 is 0 Å². The van der Waals surface area contributed by atoms with Crippen LogP contribution >= 0.6 is 0 Å². The number of hydrogen-bond donors (Lipinski definition) is 2. The van der Waals surface area contributed by atoms with Crippen LogP contribution in [0.15, 0.2) is 48.5 Å². The maximum Gasteiger partial charge on any atom is 0.416 e. The predicted octanol–water partition coefficient (Wildman–Crippen LogP) is 7.57. The fourth-order valence-corrected chi connectivity index (χ4v) is 5.35. The molecule has 216 valence electrons. The Hall–Kier alpha value is -3.50. The predicted molar refractivity (Wildman–Crippen MR) is 144 cm³/mol. The standard InChI is InChI=1S/C29H33F6N5/c1-2-39(16-19-8-4-3-5-9-19)26-22(14-21-10-6-7-11-25(21)38-26)18-40(27(36)37)17-20-12-23(28(30,31)32)15-24(13-20)29(33,34)35/h6-7,10-15,19H,2-5,8-9,16-18H2,1H3,(H3,36,37). The van der Waals surface area contributed by atoms with E-state index in [9.17, 15) is 26.3 Å². The second-order valence-corrected chi connectivity index (χ2v) is 10.4. The highest BCUT2D eigenvalue weighted by molar-refractivity contribution is 5.82. The van der Waals surface area contributed by atoms with Crippen molar-refractivity contribution in [2.24, 2.45) is 11.7 Å². The summed E-state index contributed by atoms with van der Waals surface area (Å²) in [5.41, 5.74) is 4.23. The Morgan fingerprint density at radius 1 is 0.925 bits per heavy atom. The van der Waals surface area contributed by atoms with Crippen molar-refractivity contribution in [3.63, 3.8) is 0 Å². The number of fused-ring (bicyclic) bond motifs is 1. The topological polar surface area (TPSA) is 69.2 Å². The molecule has 1 heterocycles. The average Bonchev–Trinajstić information content (AvgIpc) is 2.90. The van der Waals surface area contributed by atoms with E-state index in [1.165, 1.54) is 24.2 Å². The molecule has 0 atom stereocenters. The van der Waals surface area contributed by atoms with Gasteiger partial charge in [-0.05, 0) is 61.6 Å². The molecule has 40 heavy (non-hydrogen) atoms. The number of nitrogens with zero attached hydrogens (tertiary/aromatic N) is 3. The van der Waals surface area contributed by atoms with Crippen molar-refractivity contribution in [2.45, 2.75) is 64.5 Å². The van der Waals surface area contributed by atoms with Crippen molar-refractivity contribution in [1.82, 2.24) is 9.88 Å². The minimum atomic E-state index is -4.97. The molecular weight excluding hydrogens is 532 g/mol. The highest BCUT2D eigenvalue weighted by Crippen LogP contribution is 2.37. The smallest absolute Gasteiger partial charge is 0.370 e. The van der Waals surface area contributed by atoms with E-state index in [0.717, 1.165) is 30.3 Å². The number of nitrogens with one attached hydrogen (secondary N) is 1. The van der Waals surface area contributed by atoms with E-state index in [4.69, 9.17) is 16.1 Å². The third-order valence-corrected chi connectivity index (χ3v) is 7.39. The van der Waals surface area contributed by atoms with Gasteiger partial charge in [-0.15, -0.1) is 0 Å². The van der Waals surface area contributed by atoms with Crippen LogP contribution in [0.1, 0.15) is 61.3 Å². The number of nitrogens with two attached hydrogens (primary N) is 1. The second kappa shape index (κ2) is 11.9. The number of para-hydroxylation sites is 1. The van der Waals surface area contributed by atoms with Gasteiger partial charge in [0.15, 0.2) is 5.96 Å². The van der Waals surface area contributed by atoms with Crippen LogP contribution < -0.4 is 10.6 Å². The first-order chi connectivity index (χ1) is 18.8. The van der Waals surface area contributed by atoms with Gasteiger partial charge in [-0.2, -0.15) is 26.3 Å². The molecular formula is C29H33F6N5. The number of alkyl halides is 6. The van der Waals surface area contributed by atoms with Crippen molar-refractivity contribution in [1.29, 1.82) is 5.41 Å². The molecule has 1 aliphatic rings. The van der Waals surface area contributed by atoms with E-state index in [2.05, 4.69) is 4.90 Å². The lowest BCUT2D eigenvalue weighted by molar-refractivity contribution is -0.143. The van der Waals surface area contributed by atoms with Gasteiger partial charge in [0, 0.05) is 37.1 Å².